The summed E-state index contributed by atoms with van der Waals surface area (Å²) in [5, 5.41) is 1.02. The topological polar surface area (TPSA) is 35.0 Å². The van der Waals surface area contributed by atoms with Crippen LogP contribution in [0.3, 0.4) is 0 Å². The Labute approximate surface area is 141 Å². The number of aryl methyl sites for hydroxylation is 1. The van der Waals surface area contributed by atoms with E-state index in [9.17, 15) is 4.39 Å². The van der Waals surface area contributed by atoms with Crippen molar-refractivity contribution in [2.45, 2.75) is 33.1 Å². The van der Waals surface area contributed by atoms with Crippen LogP contribution in [0.1, 0.15) is 32.0 Å². The molecule has 1 aromatic heterocycles. The Balaban J connectivity index is 2.35. The van der Waals surface area contributed by atoms with E-state index in [1.165, 1.54) is 12.1 Å². The Bertz CT molecular complexity index is 896. The highest BCUT2D eigenvalue weighted by Crippen LogP contribution is 2.34. The van der Waals surface area contributed by atoms with Gasteiger partial charge in [-0.1, -0.05) is 20.8 Å². The average Bonchev–Trinajstić information content (AvgIpc) is 2.54. The van der Waals surface area contributed by atoms with Crippen molar-refractivity contribution in [1.29, 1.82) is 0 Å². The second-order valence-electron chi connectivity index (χ2n) is 6.94. The molecule has 0 aliphatic carbocycles. The third-order valence-electron chi connectivity index (χ3n) is 4.10. The Morgan fingerprint density at radius 3 is 2.21 bits per heavy atom. The zero-order chi connectivity index (χ0) is 17.5. The minimum absolute atomic E-state index is 0.142. The van der Waals surface area contributed by atoms with Gasteiger partial charge in [0.25, 0.3) is 0 Å². The molecule has 0 amide bonds. The van der Waals surface area contributed by atoms with E-state index in [2.05, 4.69) is 20.8 Å². The van der Waals surface area contributed by atoms with E-state index >= 15 is 0 Å². The van der Waals surface area contributed by atoms with E-state index < -0.39 is 0 Å². The zero-order valence-electron chi connectivity index (χ0n) is 14.6. The zero-order valence-corrected chi connectivity index (χ0v) is 14.6. The molecule has 24 heavy (non-hydrogen) atoms. The molecule has 0 atom stereocenters. The Kier molecular flexibility index (Phi) is 3.99. The van der Waals surface area contributed by atoms with Crippen LogP contribution < -0.4 is 4.74 Å². The van der Waals surface area contributed by atoms with E-state index in [1.54, 1.807) is 19.2 Å². The Morgan fingerprint density at radius 1 is 0.958 bits per heavy atom. The first-order chi connectivity index (χ1) is 11.3. The van der Waals surface area contributed by atoms with Crippen LogP contribution in [0.25, 0.3) is 22.3 Å². The van der Waals surface area contributed by atoms with Gasteiger partial charge in [0.15, 0.2) is 5.82 Å². The van der Waals surface area contributed by atoms with Gasteiger partial charge in [0, 0.05) is 21.9 Å². The van der Waals surface area contributed by atoms with Gasteiger partial charge in [-0.05, 0) is 43.3 Å². The maximum Gasteiger partial charge on any atom is 0.160 e. The molecule has 0 N–H and O–H groups in total. The minimum atomic E-state index is -0.270. The molecule has 3 nitrogen and oxygen atoms in total. The molecule has 0 aliphatic rings. The molecule has 3 rings (SSSR count). The van der Waals surface area contributed by atoms with Crippen LogP contribution in [0.15, 0.2) is 36.4 Å². The summed E-state index contributed by atoms with van der Waals surface area (Å²) < 4.78 is 18.7. The second kappa shape index (κ2) is 5.86. The molecular formula is C20H21FN2O. The van der Waals surface area contributed by atoms with Gasteiger partial charge < -0.3 is 4.74 Å². The number of hydrogen-bond donors (Lipinski definition) is 0. The van der Waals surface area contributed by atoms with Gasteiger partial charge in [0.2, 0.25) is 0 Å². The number of halogens is 1. The largest absolute Gasteiger partial charge is 0.496 e. The molecular weight excluding hydrogens is 303 g/mol. The molecule has 1 heterocycles. The van der Waals surface area contributed by atoms with Gasteiger partial charge in [-0.15, -0.1) is 0 Å². The minimum Gasteiger partial charge on any atom is -0.496 e. The highest BCUT2D eigenvalue weighted by molar-refractivity contribution is 5.88. The summed E-state index contributed by atoms with van der Waals surface area (Å²) in [5.74, 6) is 1.13. The lowest BCUT2D eigenvalue weighted by Gasteiger charge is -2.22. The van der Waals surface area contributed by atoms with Crippen LogP contribution in [0.2, 0.25) is 0 Å². The van der Waals surface area contributed by atoms with Crippen molar-refractivity contribution >= 4 is 10.9 Å². The molecule has 0 saturated carbocycles. The van der Waals surface area contributed by atoms with Gasteiger partial charge in [-0.25, -0.2) is 14.4 Å². The van der Waals surface area contributed by atoms with E-state index in [4.69, 9.17) is 14.7 Å². The highest BCUT2D eigenvalue weighted by atomic mass is 19.1. The molecule has 0 unspecified atom stereocenters. The van der Waals surface area contributed by atoms with Gasteiger partial charge in [-0.2, -0.15) is 0 Å². The van der Waals surface area contributed by atoms with Crippen LogP contribution >= 0.6 is 0 Å². The van der Waals surface area contributed by atoms with E-state index in [0.29, 0.717) is 5.82 Å². The summed E-state index contributed by atoms with van der Waals surface area (Å²) in [6, 6.07) is 10.2. The molecule has 0 bridgehead atoms. The normalized spacial score (nSPS) is 11.8. The first kappa shape index (κ1) is 16.4. The maximum absolute atomic E-state index is 13.2. The molecule has 0 radical (unpaired) electrons. The number of nitrogens with zero attached hydrogens (tertiary/aromatic N) is 2. The molecule has 2 aromatic carbocycles. The molecule has 4 heteroatoms. The third kappa shape index (κ3) is 2.84. The van der Waals surface area contributed by atoms with Crippen LogP contribution in [0.4, 0.5) is 4.39 Å². The van der Waals surface area contributed by atoms with Gasteiger partial charge in [0.05, 0.1) is 18.3 Å². The number of rotatable bonds is 2. The fraction of sp³-hybridized carbons (Fsp3) is 0.300. The summed E-state index contributed by atoms with van der Waals surface area (Å²) >= 11 is 0. The lowest BCUT2D eigenvalue weighted by Crippen LogP contribution is -2.16. The summed E-state index contributed by atoms with van der Waals surface area (Å²) in [7, 11) is 1.65. The van der Waals surface area contributed by atoms with Crippen LogP contribution in [-0.4, -0.2) is 17.1 Å². The summed E-state index contributed by atoms with van der Waals surface area (Å²) in [4.78, 5) is 9.54. The molecule has 124 valence electrons. The van der Waals surface area contributed by atoms with Crippen molar-refractivity contribution in [1.82, 2.24) is 9.97 Å². The Morgan fingerprint density at radius 2 is 1.62 bits per heavy atom. The predicted octanol–water partition coefficient (Wildman–Crippen LogP) is 5.05. The molecule has 3 aromatic rings. The van der Waals surface area contributed by atoms with Crippen LogP contribution in [0, 0.1) is 12.7 Å². The number of hydrogen-bond acceptors (Lipinski definition) is 3. The highest BCUT2D eigenvalue weighted by Gasteiger charge is 2.22. The summed E-state index contributed by atoms with van der Waals surface area (Å²) in [6.45, 7) is 8.38. The van der Waals surface area contributed by atoms with E-state index in [0.717, 1.165) is 33.5 Å². The van der Waals surface area contributed by atoms with Crippen molar-refractivity contribution in [3.63, 3.8) is 0 Å². The lowest BCUT2D eigenvalue weighted by atomic mass is 9.88. The van der Waals surface area contributed by atoms with Crippen LogP contribution in [-0.2, 0) is 5.41 Å². The molecule has 0 spiro atoms. The maximum atomic E-state index is 13.2. The smallest absolute Gasteiger partial charge is 0.160 e. The lowest BCUT2D eigenvalue weighted by molar-refractivity contribution is 0.412. The van der Waals surface area contributed by atoms with Crippen molar-refractivity contribution in [2.75, 3.05) is 7.11 Å². The number of aromatic nitrogens is 2. The van der Waals surface area contributed by atoms with Gasteiger partial charge >= 0.3 is 0 Å². The number of benzene rings is 2. The van der Waals surface area contributed by atoms with Gasteiger partial charge in [0.1, 0.15) is 11.6 Å². The SMILES string of the molecule is COc1ccc2c(C(C)(C)C)nc(-c3ccc(F)cc3)nc2c1C. The summed E-state index contributed by atoms with van der Waals surface area (Å²) in [5.41, 5.74) is 3.47. The fourth-order valence-electron chi connectivity index (χ4n) is 2.83. The van der Waals surface area contributed by atoms with Crippen LogP contribution in [0.5, 0.6) is 5.75 Å². The molecule has 0 fully saturated rings. The Hall–Kier alpha value is -2.49. The fourth-order valence-corrected chi connectivity index (χ4v) is 2.83. The number of ether oxygens (including phenoxy) is 1. The van der Waals surface area contributed by atoms with Crippen molar-refractivity contribution in [3.8, 4) is 17.1 Å². The van der Waals surface area contributed by atoms with E-state index in [-0.39, 0.29) is 11.2 Å². The van der Waals surface area contributed by atoms with E-state index in [1.807, 2.05) is 19.1 Å². The van der Waals surface area contributed by atoms with Crippen molar-refractivity contribution < 1.29 is 9.13 Å². The second-order valence-corrected chi connectivity index (χ2v) is 6.94. The van der Waals surface area contributed by atoms with Crippen molar-refractivity contribution in [3.05, 3.63) is 53.5 Å². The molecule has 0 aliphatic heterocycles. The van der Waals surface area contributed by atoms with Gasteiger partial charge in [-0.3, -0.25) is 0 Å². The summed E-state index contributed by atoms with van der Waals surface area (Å²) in [6.07, 6.45) is 0. The first-order valence-corrected chi connectivity index (χ1v) is 7.93. The molecule has 0 saturated heterocycles. The first-order valence-electron chi connectivity index (χ1n) is 7.93. The third-order valence-corrected chi connectivity index (χ3v) is 4.10. The van der Waals surface area contributed by atoms with Crippen molar-refractivity contribution in [2.24, 2.45) is 0 Å². The predicted molar refractivity (Wildman–Crippen MR) is 94.9 cm³/mol. The average molecular weight is 324 g/mol. The standard InChI is InChI=1S/C20H21FN2O/c1-12-16(24-5)11-10-15-17(12)22-19(23-18(15)20(2,3)4)13-6-8-14(21)9-7-13/h6-11H,1-5H3. The monoisotopic (exact) mass is 324 g/mol. The quantitative estimate of drug-likeness (QED) is 0.661. The number of fused-ring (bicyclic) bond motifs is 1. The number of methoxy groups -OCH3 is 1.